The summed E-state index contributed by atoms with van der Waals surface area (Å²) in [5, 5.41) is 17.3. The SMILES string of the molecule is OCC(NO)c1ccncc1. The molecule has 1 aromatic rings. The Balaban J connectivity index is 2.74. The van der Waals surface area contributed by atoms with Crippen LogP contribution in [0.1, 0.15) is 11.6 Å². The van der Waals surface area contributed by atoms with Gasteiger partial charge in [0.2, 0.25) is 0 Å². The van der Waals surface area contributed by atoms with Gasteiger partial charge in [0.05, 0.1) is 12.6 Å². The van der Waals surface area contributed by atoms with Crippen LogP contribution in [0, 0.1) is 0 Å². The van der Waals surface area contributed by atoms with Gasteiger partial charge in [0.25, 0.3) is 0 Å². The third-order valence-electron chi connectivity index (χ3n) is 1.45. The number of hydrogen-bond donors (Lipinski definition) is 3. The van der Waals surface area contributed by atoms with Gasteiger partial charge in [-0.3, -0.25) is 4.98 Å². The minimum absolute atomic E-state index is 0.138. The van der Waals surface area contributed by atoms with Crippen LogP contribution < -0.4 is 5.48 Å². The maximum atomic E-state index is 8.74. The van der Waals surface area contributed by atoms with Gasteiger partial charge in [0.15, 0.2) is 0 Å². The van der Waals surface area contributed by atoms with E-state index in [2.05, 4.69) is 4.98 Å². The van der Waals surface area contributed by atoms with Gasteiger partial charge in [0.1, 0.15) is 0 Å². The van der Waals surface area contributed by atoms with Crippen LogP contribution in [0.5, 0.6) is 0 Å². The number of nitrogens with one attached hydrogen (secondary N) is 1. The van der Waals surface area contributed by atoms with E-state index in [9.17, 15) is 0 Å². The molecule has 1 unspecified atom stereocenters. The predicted octanol–water partition coefficient (Wildman–Crippen LogP) is 0.0938. The molecule has 1 rings (SSSR count). The molecule has 0 saturated carbocycles. The van der Waals surface area contributed by atoms with Crippen LogP contribution in [0.15, 0.2) is 24.5 Å². The Morgan fingerprint density at radius 2 is 2.09 bits per heavy atom. The molecule has 11 heavy (non-hydrogen) atoms. The molecule has 4 nitrogen and oxygen atoms in total. The van der Waals surface area contributed by atoms with Gasteiger partial charge in [0, 0.05) is 12.4 Å². The molecule has 0 aliphatic carbocycles. The van der Waals surface area contributed by atoms with E-state index in [1.54, 1.807) is 24.5 Å². The molecule has 1 heterocycles. The van der Waals surface area contributed by atoms with E-state index < -0.39 is 6.04 Å². The van der Waals surface area contributed by atoms with Gasteiger partial charge in [-0.1, -0.05) is 0 Å². The minimum Gasteiger partial charge on any atom is -0.394 e. The Morgan fingerprint density at radius 3 is 2.55 bits per heavy atom. The molecule has 0 aromatic carbocycles. The third kappa shape index (κ3) is 1.98. The minimum atomic E-state index is -0.419. The lowest BCUT2D eigenvalue weighted by molar-refractivity contribution is 0.0905. The smallest absolute Gasteiger partial charge is 0.0801 e. The van der Waals surface area contributed by atoms with E-state index in [0.29, 0.717) is 0 Å². The van der Waals surface area contributed by atoms with Crippen molar-refractivity contribution in [2.45, 2.75) is 6.04 Å². The van der Waals surface area contributed by atoms with Crippen LogP contribution in [-0.4, -0.2) is 21.9 Å². The molecule has 4 heteroatoms. The van der Waals surface area contributed by atoms with E-state index in [1.165, 1.54) is 0 Å². The summed E-state index contributed by atoms with van der Waals surface area (Å²) in [7, 11) is 0. The molecule has 60 valence electrons. The fraction of sp³-hybridized carbons (Fsp3) is 0.286. The van der Waals surface area contributed by atoms with E-state index in [1.807, 2.05) is 5.48 Å². The predicted molar refractivity (Wildman–Crippen MR) is 39.0 cm³/mol. The summed E-state index contributed by atoms with van der Waals surface area (Å²) in [6, 6.07) is 3.03. The molecular formula is C7H10N2O2. The maximum absolute atomic E-state index is 8.74. The van der Waals surface area contributed by atoms with Crippen LogP contribution in [0.3, 0.4) is 0 Å². The van der Waals surface area contributed by atoms with Crippen LogP contribution in [0.2, 0.25) is 0 Å². The number of aliphatic hydroxyl groups excluding tert-OH is 1. The van der Waals surface area contributed by atoms with Crippen molar-refractivity contribution in [1.82, 2.24) is 10.5 Å². The lowest BCUT2D eigenvalue weighted by atomic mass is 10.1. The Bertz CT molecular complexity index is 199. The summed E-state index contributed by atoms with van der Waals surface area (Å²) in [5.41, 5.74) is 2.80. The van der Waals surface area contributed by atoms with E-state index in [-0.39, 0.29) is 6.61 Å². The molecule has 0 aliphatic heterocycles. The largest absolute Gasteiger partial charge is 0.394 e. The number of hydrogen-bond acceptors (Lipinski definition) is 4. The van der Waals surface area contributed by atoms with E-state index in [0.717, 1.165) is 5.56 Å². The molecule has 3 N–H and O–H groups in total. The topological polar surface area (TPSA) is 65.4 Å². The van der Waals surface area contributed by atoms with E-state index >= 15 is 0 Å². The van der Waals surface area contributed by atoms with Gasteiger partial charge >= 0.3 is 0 Å². The van der Waals surface area contributed by atoms with Gasteiger partial charge in [-0.25, -0.2) is 0 Å². The van der Waals surface area contributed by atoms with Crippen molar-refractivity contribution in [3.8, 4) is 0 Å². The quantitative estimate of drug-likeness (QED) is 0.540. The monoisotopic (exact) mass is 154 g/mol. The molecular weight excluding hydrogens is 144 g/mol. The Morgan fingerprint density at radius 1 is 1.45 bits per heavy atom. The molecule has 0 aliphatic rings. The van der Waals surface area contributed by atoms with Crippen molar-refractivity contribution in [1.29, 1.82) is 0 Å². The van der Waals surface area contributed by atoms with Crippen molar-refractivity contribution in [3.63, 3.8) is 0 Å². The lowest BCUT2D eigenvalue weighted by Crippen LogP contribution is -2.20. The first kappa shape index (κ1) is 8.13. The zero-order chi connectivity index (χ0) is 8.10. The van der Waals surface area contributed by atoms with E-state index in [4.69, 9.17) is 10.3 Å². The average Bonchev–Trinajstić information content (AvgIpc) is 2.09. The normalized spacial score (nSPS) is 12.9. The van der Waals surface area contributed by atoms with Crippen LogP contribution >= 0.6 is 0 Å². The molecule has 0 bridgehead atoms. The summed E-state index contributed by atoms with van der Waals surface area (Å²) in [5.74, 6) is 0. The standard InChI is InChI=1S/C7H10N2O2/c10-5-7(9-11)6-1-3-8-4-2-6/h1-4,7,9-11H,5H2. The first-order chi connectivity index (χ1) is 5.38. The van der Waals surface area contributed by atoms with Crippen molar-refractivity contribution in [2.24, 2.45) is 0 Å². The molecule has 0 saturated heterocycles. The summed E-state index contributed by atoms with van der Waals surface area (Å²) < 4.78 is 0. The molecule has 1 aromatic heterocycles. The maximum Gasteiger partial charge on any atom is 0.0801 e. The first-order valence-corrected chi connectivity index (χ1v) is 3.29. The summed E-state index contributed by atoms with van der Waals surface area (Å²) in [6.07, 6.45) is 3.21. The molecule has 0 amide bonds. The van der Waals surface area contributed by atoms with Crippen molar-refractivity contribution in [3.05, 3.63) is 30.1 Å². The molecule has 0 spiro atoms. The first-order valence-electron chi connectivity index (χ1n) is 3.29. The Labute approximate surface area is 64.5 Å². The Hall–Kier alpha value is -0.970. The van der Waals surface area contributed by atoms with Crippen LogP contribution in [0.4, 0.5) is 0 Å². The molecule has 1 atom stereocenters. The zero-order valence-corrected chi connectivity index (χ0v) is 5.94. The second-order valence-corrected chi connectivity index (χ2v) is 2.14. The summed E-state index contributed by atoms with van der Waals surface area (Å²) in [4.78, 5) is 3.81. The van der Waals surface area contributed by atoms with Gasteiger partial charge < -0.3 is 10.3 Å². The number of hydroxylamine groups is 1. The molecule has 0 fully saturated rings. The summed E-state index contributed by atoms with van der Waals surface area (Å²) in [6.45, 7) is -0.138. The van der Waals surface area contributed by atoms with Crippen molar-refractivity contribution in [2.75, 3.05) is 6.61 Å². The fourth-order valence-corrected chi connectivity index (χ4v) is 0.817. The van der Waals surface area contributed by atoms with Crippen molar-refractivity contribution >= 4 is 0 Å². The number of nitrogens with zero attached hydrogens (tertiary/aromatic N) is 1. The fourth-order valence-electron chi connectivity index (χ4n) is 0.817. The second kappa shape index (κ2) is 4.02. The third-order valence-corrected chi connectivity index (χ3v) is 1.45. The molecule has 0 radical (unpaired) electrons. The number of rotatable bonds is 3. The van der Waals surface area contributed by atoms with Gasteiger partial charge in [-0.15, -0.1) is 0 Å². The van der Waals surface area contributed by atoms with Crippen molar-refractivity contribution < 1.29 is 10.3 Å². The Kier molecular flexibility index (Phi) is 2.97. The number of aromatic nitrogens is 1. The highest BCUT2D eigenvalue weighted by atomic mass is 16.5. The summed E-state index contributed by atoms with van der Waals surface area (Å²) >= 11 is 0. The van der Waals surface area contributed by atoms with Gasteiger partial charge in [-0.05, 0) is 17.7 Å². The lowest BCUT2D eigenvalue weighted by Gasteiger charge is -2.10. The highest BCUT2D eigenvalue weighted by molar-refractivity contribution is 5.14. The number of pyridine rings is 1. The van der Waals surface area contributed by atoms with Crippen LogP contribution in [-0.2, 0) is 0 Å². The average molecular weight is 154 g/mol. The highest BCUT2D eigenvalue weighted by Gasteiger charge is 2.06. The van der Waals surface area contributed by atoms with Gasteiger partial charge in [-0.2, -0.15) is 5.48 Å². The van der Waals surface area contributed by atoms with Crippen LogP contribution in [0.25, 0.3) is 0 Å². The zero-order valence-electron chi connectivity index (χ0n) is 5.94. The second-order valence-electron chi connectivity index (χ2n) is 2.14. The number of aliphatic hydroxyl groups is 1. The highest BCUT2D eigenvalue weighted by Crippen LogP contribution is 2.08.